The minimum Gasteiger partial charge on any atom is -0.491 e. The molecular formula is C16H24ClFN2O. The van der Waals surface area contributed by atoms with Gasteiger partial charge in [0, 0.05) is 31.7 Å². The van der Waals surface area contributed by atoms with Crippen LogP contribution < -0.4 is 10.1 Å². The number of fused-ring (bicyclic) bond motifs is 2. The quantitative estimate of drug-likeness (QED) is 0.924. The first-order chi connectivity index (χ1) is 9.74. The SMILES string of the molecule is CCOc1ccc(CN2CCC3CCC(C2)N3)cc1F.Cl. The Bertz CT molecular complexity index is 472. The molecule has 2 fully saturated rings. The van der Waals surface area contributed by atoms with Crippen molar-refractivity contribution in [1.29, 1.82) is 0 Å². The molecule has 2 atom stereocenters. The molecule has 2 bridgehead atoms. The number of benzene rings is 1. The van der Waals surface area contributed by atoms with Crippen molar-refractivity contribution in [1.82, 2.24) is 10.2 Å². The fraction of sp³-hybridized carbons (Fsp3) is 0.625. The molecule has 0 aromatic heterocycles. The second-order valence-electron chi connectivity index (χ2n) is 5.86. The largest absolute Gasteiger partial charge is 0.491 e. The van der Waals surface area contributed by atoms with Gasteiger partial charge in [-0.1, -0.05) is 6.07 Å². The number of hydrogen-bond acceptors (Lipinski definition) is 3. The first-order valence-corrected chi connectivity index (χ1v) is 7.64. The third-order valence-corrected chi connectivity index (χ3v) is 4.31. The number of rotatable bonds is 4. The maximum atomic E-state index is 13.9. The van der Waals surface area contributed by atoms with E-state index >= 15 is 0 Å². The summed E-state index contributed by atoms with van der Waals surface area (Å²) in [7, 11) is 0. The molecule has 118 valence electrons. The second-order valence-corrected chi connectivity index (χ2v) is 5.86. The molecule has 3 nitrogen and oxygen atoms in total. The van der Waals surface area contributed by atoms with Crippen LogP contribution in [0.4, 0.5) is 4.39 Å². The molecule has 1 N–H and O–H groups in total. The number of ether oxygens (including phenoxy) is 1. The van der Waals surface area contributed by atoms with Gasteiger partial charge in [-0.2, -0.15) is 0 Å². The summed E-state index contributed by atoms with van der Waals surface area (Å²) in [5, 5.41) is 3.67. The Morgan fingerprint density at radius 3 is 2.86 bits per heavy atom. The third-order valence-electron chi connectivity index (χ3n) is 4.31. The lowest BCUT2D eigenvalue weighted by molar-refractivity contribution is 0.250. The summed E-state index contributed by atoms with van der Waals surface area (Å²) in [5.74, 6) is 0.103. The zero-order valence-corrected chi connectivity index (χ0v) is 13.3. The Balaban J connectivity index is 0.00000161. The van der Waals surface area contributed by atoms with Gasteiger partial charge in [0.25, 0.3) is 0 Å². The topological polar surface area (TPSA) is 24.5 Å². The van der Waals surface area contributed by atoms with E-state index in [1.54, 1.807) is 12.1 Å². The first kappa shape index (κ1) is 16.5. The van der Waals surface area contributed by atoms with Crippen LogP contribution >= 0.6 is 12.4 Å². The van der Waals surface area contributed by atoms with Crippen molar-refractivity contribution in [3.63, 3.8) is 0 Å². The Kier molecular flexibility index (Phi) is 5.85. The Hall–Kier alpha value is -0.840. The lowest BCUT2D eigenvalue weighted by Gasteiger charge is -2.24. The van der Waals surface area contributed by atoms with E-state index in [1.807, 2.05) is 13.0 Å². The molecular weight excluding hydrogens is 291 g/mol. The average molecular weight is 315 g/mol. The summed E-state index contributed by atoms with van der Waals surface area (Å²) < 4.78 is 19.1. The molecule has 21 heavy (non-hydrogen) atoms. The zero-order chi connectivity index (χ0) is 13.9. The van der Waals surface area contributed by atoms with E-state index in [0.29, 0.717) is 24.4 Å². The highest BCUT2D eigenvalue weighted by molar-refractivity contribution is 5.85. The molecule has 0 spiro atoms. The van der Waals surface area contributed by atoms with E-state index in [9.17, 15) is 4.39 Å². The highest BCUT2D eigenvalue weighted by Gasteiger charge is 2.29. The molecule has 3 rings (SSSR count). The zero-order valence-electron chi connectivity index (χ0n) is 12.5. The normalized spacial score (nSPS) is 25.2. The minimum atomic E-state index is -0.251. The number of hydrogen-bond donors (Lipinski definition) is 1. The van der Waals surface area contributed by atoms with E-state index in [2.05, 4.69) is 10.2 Å². The van der Waals surface area contributed by atoms with Gasteiger partial charge >= 0.3 is 0 Å². The van der Waals surface area contributed by atoms with Crippen LogP contribution in [0.3, 0.4) is 0 Å². The molecule has 0 aliphatic carbocycles. The van der Waals surface area contributed by atoms with Gasteiger partial charge in [-0.3, -0.25) is 4.90 Å². The first-order valence-electron chi connectivity index (χ1n) is 7.64. The Labute approximate surface area is 132 Å². The summed E-state index contributed by atoms with van der Waals surface area (Å²) in [6.07, 6.45) is 3.80. The summed E-state index contributed by atoms with van der Waals surface area (Å²) in [6, 6.07) is 6.65. The summed E-state index contributed by atoms with van der Waals surface area (Å²) in [5.41, 5.74) is 1.03. The molecule has 0 amide bonds. The van der Waals surface area contributed by atoms with E-state index in [0.717, 1.165) is 25.2 Å². The average Bonchev–Trinajstić information content (AvgIpc) is 2.76. The van der Waals surface area contributed by atoms with Gasteiger partial charge in [0.2, 0.25) is 0 Å². The number of nitrogens with zero attached hydrogens (tertiary/aromatic N) is 1. The number of halogens is 2. The molecule has 2 unspecified atom stereocenters. The standard InChI is InChI=1S/C16H23FN2O.ClH/c1-2-20-16-6-3-12(9-15(16)17)10-19-8-7-13-4-5-14(11-19)18-13;/h3,6,9,13-14,18H,2,4-5,7-8,10-11H2,1H3;1H. The van der Waals surface area contributed by atoms with Gasteiger partial charge in [-0.25, -0.2) is 4.39 Å². The maximum Gasteiger partial charge on any atom is 0.165 e. The van der Waals surface area contributed by atoms with Crippen molar-refractivity contribution in [2.45, 2.75) is 44.8 Å². The monoisotopic (exact) mass is 314 g/mol. The van der Waals surface area contributed by atoms with E-state index < -0.39 is 0 Å². The summed E-state index contributed by atoms with van der Waals surface area (Å²) in [4.78, 5) is 2.44. The molecule has 1 aromatic carbocycles. The van der Waals surface area contributed by atoms with Crippen LogP contribution in [0, 0.1) is 5.82 Å². The van der Waals surface area contributed by atoms with Crippen LogP contribution in [-0.4, -0.2) is 36.7 Å². The lowest BCUT2D eigenvalue weighted by atomic mass is 10.1. The third kappa shape index (κ3) is 4.09. The van der Waals surface area contributed by atoms with Gasteiger partial charge in [0.1, 0.15) is 0 Å². The van der Waals surface area contributed by atoms with Crippen molar-refractivity contribution in [3.05, 3.63) is 29.6 Å². The second kappa shape index (κ2) is 7.43. The molecule has 2 aliphatic heterocycles. The fourth-order valence-corrected chi connectivity index (χ4v) is 3.33. The van der Waals surface area contributed by atoms with Crippen LogP contribution in [0.5, 0.6) is 5.75 Å². The molecule has 1 aromatic rings. The van der Waals surface area contributed by atoms with E-state index in [1.165, 1.54) is 19.3 Å². The van der Waals surface area contributed by atoms with Crippen molar-refractivity contribution in [3.8, 4) is 5.75 Å². The Morgan fingerprint density at radius 1 is 1.29 bits per heavy atom. The predicted octanol–water partition coefficient (Wildman–Crippen LogP) is 2.97. The molecule has 0 saturated carbocycles. The van der Waals surface area contributed by atoms with E-state index in [-0.39, 0.29) is 18.2 Å². The van der Waals surface area contributed by atoms with E-state index in [4.69, 9.17) is 4.74 Å². The van der Waals surface area contributed by atoms with Gasteiger partial charge < -0.3 is 10.1 Å². The van der Waals surface area contributed by atoms with Crippen molar-refractivity contribution in [2.24, 2.45) is 0 Å². The molecule has 2 saturated heterocycles. The van der Waals surface area contributed by atoms with Gasteiger partial charge in [0.05, 0.1) is 6.61 Å². The smallest absolute Gasteiger partial charge is 0.165 e. The van der Waals surface area contributed by atoms with Crippen LogP contribution in [0.1, 0.15) is 31.7 Å². The molecule has 0 radical (unpaired) electrons. The lowest BCUT2D eigenvalue weighted by Crippen LogP contribution is -2.34. The molecule has 2 aliphatic rings. The predicted molar refractivity (Wildman–Crippen MR) is 84.7 cm³/mol. The van der Waals surface area contributed by atoms with Gasteiger partial charge in [-0.15, -0.1) is 12.4 Å². The molecule has 5 heteroatoms. The van der Waals surface area contributed by atoms with Crippen LogP contribution in [-0.2, 0) is 6.54 Å². The van der Waals surface area contributed by atoms with Crippen LogP contribution in [0.15, 0.2) is 18.2 Å². The Morgan fingerprint density at radius 2 is 2.10 bits per heavy atom. The maximum absolute atomic E-state index is 13.9. The van der Waals surface area contributed by atoms with Crippen molar-refractivity contribution in [2.75, 3.05) is 19.7 Å². The number of likely N-dealkylation sites (tertiary alicyclic amines) is 1. The van der Waals surface area contributed by atoms with Crippen molar-refractivity contribution < 1.29 is 9.13 Å². The summed E-state index contributed by atoms with van der Waals surface area (Å²) >= 11 is 0. The van der Waals surface area contributed by atoms with Crippen LogP contribution in [0.25, 0.3) is 0 Å². The minimum absolute atomic E-state index is 0. The fourth-order valence-electron chi connectivity index (χ4n) is 3.33. The van der Waals surface area contributed by atoms with Gasteiger partial charge in [-0.05, 0) is 43.9 Å². The highest BCUT2D eigenvalue weighted by Crippen LogP contribution is 2.23. The van der Waals surface area contributed by atoms with Crippen LogP contribution in [0.2, 0.25) is 0 Å². The van der Waals surface area contributed by atoms with Gasteiger partial charge in [0.15, 0.2) is 11.6 Å². The highest BCUT2D eigenvalue weighted by atomic mass is 35.5. The molecule has 2 heterocycles. The van der Waals surface area contributed by atoms with Crippen molar-refractivity contribution >= 4 is 12.4 Å². The summed E-state index contributed by atoms with van der Waals surface area (Å²) in [6.45, 7) is 5.37. The number of nitrogens with one attached hydrogen (secondary N) is 1.